The Morgan fingerprint density at radius 2 is 2.24 bits per heavy atom. The van der Waals surface area contributed by atoms with Gasteiger partial charge in [0.05, 0.1) is 12.7 Å². The first kappa shape index (κ1) is 13.5. The molecule has 0 saturated carbocycles. The number of hydrogen-bond acceptors (Lipinski definition) is 3. The summed E-state index contributed by atoms with van der Waals surface area (Å²) < 4.78 is 4.76. The fourth-order valence-corrected chi connectivity index (χ4v) is 1.89. The quantitative estimate of drug-likeness (QED) is 0.822. The summed E-state index contributed by atoms with van der Waals surface area (Å²) in [5.74, 6) is -0.316. The number of ether oxygens (including phenoxy) is 1. The number of H-pyrrole nitrogens is 1. The van der Waals surface area contributed by atoms with Gasteiger partial charge in [-0.1, -0.05) is 6.07 Å². The second-order valence-corrected chi connectivity index (χ2v) is 3.57. The first-order valence-corrected chi connectivity index (χ1v) is 5.15. The van der Waals surface area contributed by atoms with Crippen molar-refractivity contribution in [2.75, 3.05) is 13.7 Å². The Balaban J connectivity index is 0.00000144. The van der Waals surface area contributed by atoms with E-state index in [0.29, 0.717) is 12.1 Å². The Labute approximate surface area is 106 Å². The number of esters is 1. The molecule has 4 nitrogen and oxygen atoms in total. The van der Waals surface area contributed by atoms with Crippen LogP contribution in [0.2, 0.25) is 0 Å². The number of methoxy groups -OCH3 is 1. The van der Waals surface area contributed by atoms with Gasteiger partial charge in [0.1, 0.15) is 0 Å². The lowest BCUT2D eigenvalue weighted by molar-refractivity contribution is 0.0603. The number of carbonyl (C=O) groups excluding carboxylic acids is 1. The number of aromatic amines is 1. The van der Waals surface area contributed by atoms with E-state index < -0.39 is 0 Å². The number of carbonyl (C=O) groups is 1. The highest BCUT2D eigenvalue weighted by Crippen LogP contribution is 2.23. The Bertz CT molecular complexity index is 522. The molecular weight excluding hydrogens is 240 g/mol. The number of fused-ring (bicyclic) bond motifs is 1. The maximum Gasteiger partial charge on any atom is 0.338 e. The molecule has 0 fully saturated rings. The van der Waals surface area contributed by atoms with E-state index in [1.807, 2.05) is 18.3 Å². The number of rotatable bonds is 3. The van der Waals surface area contributed by atoms with Crippen molar-refractivity contribution in [2.45, 2.75) is 6.42 Å². The summed E-state index contributed by atoms with van der Waals surface area (Å²) in [5, 5.41) is 0.916. The van der Waals surface area contributed by atoms with Crippen molar-refractivity contribution in [1.29, 1.82) is 0 Å². The molecule has 0 aliphatic heterocycles. The number of hydrogen-bond donors (Lipinski definition) is 2. The van der Waals surface area contributed by atoms with Crippen LogP contribution < -0.4 is 5.73 Å². The summed E-state index contributed by atoms with van der Waals surface area (Å²) >= 11 is 0. The van der Waals surface area contributed by atoms with Gasteiger partial charge in [0.15, 0.2) is 0 Å². The highest BCUT2D eigenvalue weighted by atomic mass is 35.5. The minimum Gasteiger partial charge on any atom is -0.465 e. The average Bonchev–Trinajstić information content (AvgIpc) is 2.72. The van der Waals surface area contributed by atoms with Crippen LogP contribution in [0.1, 0.15) is 15.9 Å². The zero-order valence-electron chi connectivity index (χ0n) is 9.53. The van der Waals surface area contributed by atoms with Crippen LogP contribution in [-0.4, -0.2) is 24.6 Å². The van der Waals surface area contributed by atoms with Gasteiger partial charge in [0.2, 0.25) is 0 Å². The van der Waals surface area contributed by atoms with Gasteiger partial charge in [0.25, 0.3) is 0 Å². The van der Waals surface area contributed by atoms with Gasteiger partial charge in [-0.3, -0.25) is 0 Å². The number of halogens is 1. The fraction of sp³-hybridized carbons (Fsp3) is 0.250. The largest absolute Gasteiger partial charge is 0.465 e. The van der Waals surface area contributed by atoms with E-state index in [9.17, 15) is 4.79 Å². The van der Waals surface area contributed by atoms with E-state index in [1.165, 1.54) is 7.11 Å². The van der Waals surface area contributed by atoms with Crippen LogP contribution in [0.3, 0.4) is 0 Å². The van der Waals surface area contributed by atoms with Crippen LogP contribution in [0.5, 0.6) is 0 Å². The number of benzene rings is 1. The molecule has 0 atom stereocenters. The van der Waals surface area contributed by atoms with Crippen molar-refractivity contribution < 1.29 is 9.53 Å². The third kappa shape index (κ3) is 2.43. The van der Waals surface area contributed by atoms with Gasteiger partial charge in [-0.25, -0.2) is 4.79 Å². The van der Waals surface area contributed by atoms with Gasteiger partial charge in [0, 0.05) is 17.1 Å². The molecule has 1 aromatic carbocycles. The molecule has 0 bridgehead atoms. The maximum absolute atomic E-state index is 11.6. The lowest BCUT2D eigenvalue weighted by Gasteiger charge is -2.03. The predicted octanol–water partition coefficient (Wildman–Crippen LogP) is 1.88. The Morgan fingerprint density at radius 3 is 2.88 bits per heavy atom. The molecular formula is C12H15ClN2O2. The molecule has 0 aliphatic rings. The van der Waals surface area contributed by atoms with Crippen LogP contribution in [0.4, 0.5) is 0 Å². The normalized spacial score (nSPS) is 10.0. The van der Waals surface area contributed by atoms with Crippen molar-refractivity contribution in [2.24, 2.45) is 5.73 Å². The molecule has 3 N–H and O–H groups in total. The van der Waals surface area contributed by atoms with Gasteiger partial charge < -0.3 is 15.5 Å². The average molecular weight is 255 g/mol. The molecule has 5 heteroatoms. The van der Waals surface area contributed by atoms with E-state index >= 15 is 0 Å². The second-order valence-electron chi connectivity index (χ2n) is 3.57. The van der Waals surface area contributed by atoms with Crippen LogP contribution in [0.25, 0.3) is 10.9 Å². The van der Waals surface area contributed by atoms with Gasteiger partial charge >= 0.3 is 5.97 Å². The summed E-state index contributed by atoms with van der Waals surface area (Å²) in [5.41, 5.74) is 8.12. The van der Waals surface area contributed by atoms with E-state index in [2.05, 4.69) is 4.98 Å². The molecule has 0 unspecified atom stereocenters. The summed E-state index contributed by atoms with van der Waals surface area (Å²) in [6.45, 7) is 0.558. The molecule has 1 heterocycles. The zero-order valence-corrected chi connectivity index (χ0v) is 10.3. The molecule has 0 radical (unpaired) electrons. The summed E-state index contributed by atoms with van der Waals surface area (Å²) in [4.78, 5) is 14.7. The van der Waals surface area contributed by atoms with E-state index in [0.717, 1.165) is 22.9 Å². The van der Waals surface area contributed by atoms with Crippen LogP contribution in [0, 0.1) is 0 Å². The standard InChI is InChI=1S/C12H14N2O2.ClH/c1-16-12(15)9-3-2-4-10-11(9)8(5-6-13)7-14-10;/h2-4,7,14H,5-6,13H2,1H3;1H. The molecule has 92 valence electrons. The van der Waals surface area contributed by atoms with Crippen molar-refractivity contribution in [3.8, 4) is 0 Å². The molecule has 0 saturated heterocycles. The minimum absolute atomic E-state index is 0. The van der Waals surface area contributed by atoms with Crippen molar-refractivity contribution >= 4 is 29.3 Å². The van der Waals surface area contributed by atoms with E-state index in [4.69, 9.17) is 10.5 Å². The fourth-order valence-electron chi connectivity index (χ4n) is 1.89. The lowest BCUT2D eigenvalue weighted by Crippen LogP contribution is -2.05. The molecule has 17 heavy (non-hydrogen) atoms. The molecule has 0 spiro atoms. The number of nitrogens with one attached hydrogen (secondary N) is 1. The lowest BCUT2D eigenvalue weighted by atomic mass is 10.0. The molecule has 0 aliphatic carbocycles. The highest BCUT2D eigenvalue weighted by molar-refractivity contribution is 6.05. The van der Waals surface area contributed by atoms with Crippen LogP contribution >= 0.6 is 12.4 Å². The minimum atomic E-state index is -0.316. The smallest absolute Gasteiger partial charge is 0.338 e. The first-order chi connectivity index (χ1) is 7.77. The third-order valence-corrected chi connectivity index (χ3v) is 2.61. The highest BCUT2D eigenvalue weighted by Gasteiger charge is 2.13. The Hall–Kier alpha value is -1.52. The Morgan fingerprint density at radius 1 is 1.47 bits per heavy atom. The second kappa shape index (κ2) is 5.70. The van der Waals surface area contributed by atoms with E-state index in [1.54, 1.807) is 6.07 Å². The predicted molar refractivity (Wildman–Crippen MR) is 69.6 cm³/mol. The third-order valence-electron chi connectivity index (χ3n) is 2.61. The summed E-state index contributed by atoms with van der Waals surface area (Å²) in [7, 11) is 1.39. The van der Waals surface area contributed by atoms with Gasteiger partial charge in [-0.05, 0) is 30.7 Å². The van der Waals surface area contributed by atoms with Gasteiger partial charge in [-0.15, -0.1) is 12.4 Å². The zero-order chi connectivity index (χ0) is 11.5. The molecule has 2 rings (SSSR count). The monoisotopic (exact) mass is 254 g/mol. The number of nitrogens with two attached hydrogens (primary N) is 1. The Kier molecular flexibility index (Phi) is 4.54. The molecule has 0 amide bonds. The topological polar surface area (TPSA) is 68.1 Å². The first-order valence-electron chi connectivity index (χ1n) is 5.15. The van der Waals surface area contributed by atoms with Gasteiger partial charge in [-0.2, -0.15) is 0 Å². The van der Waals surface area contributed by atoms with Crippen molar-refractivity contribution in [1.82, 2.24) is 4.98 Å². The summed E-state index contributed by atoms with van der Waals surface area (Å²) in [6, 6.07) is 5.53. The maximum atomic E-state index is 11.6. The van der Waals surface area contributed by atoms with Crippen LogP contribution in [-0.2, 0) is 11.2 Å². The van der Waals surface area contributed by atoms with Crippen molar-refractivity contribution in [3.05, 3.63) is 35.5 Å². The molecule has 1 aromatic heterocycles. The van der Waals surface area contributed by atoms with E-state index in [-0.39, 0.29) is 18.4 Å². The molecule has 2 aromatic rings. The number of aromatic nitrogens is 1. The van der Waals surface area contributed by atoms with Crippen LogP contribution in [0.15, 0.2) is 24.4 Å². The van der Waals surface area contributed by atoms with Crippen molar-refractivity contribution in [3.63, 3.8) is 0 Å². The SMILES string of the molecule is COC(=O)c1cccc2[nH]cc(CCN)c12.Cl. The summed E-state index contributed by atoms with van der Waals surface area (Å²) in [6.07, 6.45) is 2.64.